The normalized spacial score (nSPS) is 13.7. The fourth-order valence-electron chi connectivity index (χ4n) is 1.65. The minimum absolute atomic E-state index is 0.00879. The highest BCUT2D eigenvalue weighted by molar-refractivity contribution is 5.94. The molecule has 0 unspecified atom stereocenters. The van der Waals surface area contributed by atoms with E-state index in [9.17, 15) is 9.90 Å². The fourth-order valence-corrected chi connectivity index (χ4v) is 1.65. The van der Waals surface area contributed by atoms with Gasteiger partial charge in [-0.15, -0.1) is 0 Å². The minimum atomic E-state index is -0.520. The van der Waals surface area contributed by atoms with E-state index in [0.29, 0.717) is 11.3 Å². The number of rotatable bonds is 2. The zero-order chi connectivity index (χ0) is 13.1. The lowest BCUT2D eigenvalue weighted by atomic mass is 10.1. The van der Waals surface area contributed by atoms with Crippen molar-refractivity contribution in [3.63, 3.8) is 0 Å². The Morgan fingerprint density at radius 3 is 2.94 bits per heavy atom. The first-order valence-corrected chi connectivity index (χ1v) is 5.67. The molecule has 4 nitrogen and oxygen atoms in total. The van der Waals surface area contributed by atoms with Crippen LogP contribution in [-0.2, 0) is 9.53 Å². The van der Waals surface area contributed by atoms with E-state index in [0.717, 1.165) is 5.56 Å². The second-order valence-corrected chi connectivity index (χ2v) is 3.94. The number of carbonyl (C=O) groups is 1. The number of esters is 1. The number of carbonyl (C=O) groups excluding carboxylic acids is 1. The van der Waals surface area contributed by atoms with E-state index < -0.39 is 5.97 Å². The lowest BCUT2D eigenvalue weighted by Gasteiger charge is -2.06. The van der Waals surface area contributed by atoms with Gasteiger partial charge < -0.3 is 14.6 Å². The smallest absolute Gasteiger partial charge is 0.341 e. The van der Waals surface area contributed by atoms with Gasteiger partial charge in [0.25, 0.3) is 0 Å². The molecule has 1 aromatic rings. The number of aliphatic hydroxyl groups is 1. The third-order valence-electron chi connectivity index (χ3n) is 2.53. The zero-order valence-electron chi connectivity index (χ0n) is 10.3. The van der Waals surface area contributed by atoms with E-state index in [1.165, 1.54) is 12.3 Å². The summed E-state index contributed by atoms with van der Waals surface area (Å²) in [7, 11) is 0. The Balaban J connectivity index is 2.38. The summed E-state index contributed by atoms with van der Waals surface area (Å²) in [5.74, 6) is -0.0206. The van der Waals surface area contributed by atoms with Crippen LogP contribution in [0, 0.1) is 6.92 Å². The topological polar surface area (TPSA) is 55.8 Å². The van der Waals surface area contributed by atoms with Gasteiger partial charge in [0.15, 0.2) is 0 Å². The van der Waals surface area contributed by atoms with Gasteiger partial charge in [-0.1, -0.05) is 11.6 Å². The molecule has 0 radical (unpaired) electrons. The number of fused-ring (bicyclic) bond motifs is 1. The predicted octanol–water partition coefficient (Wildman–Crippen LogP) is 2.73. The average molecular weight is 246 g/mol. The number of hydrogen-bond acceptors (Lipinski definition) is 4. The largest absolute Gasteiger partial charge is 0.507 e. The molecule has 0 aromatic heterocycles. The summed E-state index contributed by atoms with van der Waals surface area (Å²) < 4.78 is 10.2. The van der Waals surface area contributed by atoms with Crippen molar-refractivity contribution in [3.8, 4) is 5.75 Å². The third kappa shape index (κ3) is 2.37. The number of aliphatic hydroxyl groups excluding tert-OH is 1. The zero-order valence-corrected chi connectivity index (χ0v) is 10.3. The molecule has 0 spiro atoms. The van der Waals surface area contributed by atoms with Crippen molar-refractivity contribution in [3.05, 3.63) is 47.2 Å². The monoisotopic (exact) mass is 246 g/mol. The molecule has 1 aliphatic heterocycles. The summed E-state index contributed by atoms with van der Waals surface area (Å²) >= 11 is 0. The van der Waals surface area contributed by atoms with Crippen molar-refractivity contribution < 1.29 is 19.4 Å². The first-order valence-electron chi connectivity index (χ1n) is 5.67. The van der Waals surface area contributed by atoms with E-state index >= 15 is 0 Å². The Bertz CT molecular complexity index is 541. The summed E-state index contributed by atoms with van der Waals surface area (Å²) in [5.41, 5.74) is 1.74. The molecule has 1 aromatic carbocycles. The lowest BCUT2D eigenvalue weighted by Crippen LogP contribution is -2.06. The van der Waals surface area contributed by atoms with Gasteiger partial charge in [-0.2, -0.15) is 0 Å². The van der Waals surface area contributed by atoms with Gasteiger partial charge in [-0.25, -0.2) is 4.79 Å². The summed E-state index contributed by atoms with van der Waals surface area (Å²) in [6, 6.07) is 5.41. The van der Waals surface area contributed by atoms with Crippen LogP contribution in [0.3, 0.4) is 0 Å². The van der Waals surface area contributed by atoms with Crippen molar-refractivity contribution in [2.75, 3.05) is 6.61 Å². The Labute approximate surface area is 105 Å². The standard InChI is InChI=1S/C14H14O4/c1-3-17-14(16)10-7-12(15)11-6-9(2)4-5-13(11)18-8-10/h4-8,15H,3H2,1-2H3. The average Bonchev–Trinajstić information content (AvgIpc) is 2.50. The molecule has 0 aliphatic carbocycles. The number of hydrogen-bond donors (Lipinski definition) is 1. The van der Waals surface area contributed by atoms with E-state index in [2.05, 4.69) is 0 Å². The van der Waals surface area contributed by atoms with Crippen molar-refractivity contribution in [2.24, 2.45) is 0 Å². The number of benzene rings is 1. The van der Waals surface area contributed by atoms with Crippen LogP contribution in [0.25, 0.3) is 5.76 Å². The molecule has 94 valence electrons. The molecular formula is C14H14O4. The van der Waals surface area contributed by atoms with Crippen LogP contribution in [-0.4, -0.2) is 17.7 Å². The Morgan fingerprint density at radius 2 is 2.22 bits per heavy atom. The molecule has 0 saturated heterocycles. The SMILES string of the molecule is CCOC(=O)C1=COc2ccc(C)cc2C(O)=C1. The van der Waals surface area contributed by atoms with Crippen molar-refractivity contribution in [1.29, 1.82) is 0 Å². The van der Waals surface area contributed by atoms with Crippen LogP contribution in [0.1, 0.15) is 18.1 Å². The van der Waals surface area contributed by atoms with Crippen molar-refractivity contribution in [2.45, 2.75) is 13.8 Å². The summed E-state index contributed by atoms with van der Waals surface area (Å²) in [6.45, 7) is 3.91. The van der Waals surface area contributed by atoms with E-state index in [1.807, 2.05) is 13.0 Å². The van der Waals surface area contributed by atoms with Crippen molar-refractivity contribution >= 4 is 11.7 Å². The predicted molar refractivity (Wildman–Crippen MR) is 67.1 cm³/mol. The third-order valence-corrected chi connectivity index (χ3v) is 2.53. The molecule has 0 saturated carbocycles. The molecule has 1 aliphatic rings. The van der Waals surface area contributed by atoms with Crippen LogP contribution in [0.2, 0.25) is 0 Å². The molecule has 1 N–H and O–H groups in total. The van der Waals surface area contributed by atoms with Gasteiger partial charge in [0.2, 0.25) is 0 Å². The molecule has 2 rings (SSSR count). The van der Waals surface area contributed by atoms with Crippen LogP contribution in [0.4, 0.5) is 0 Å². The summed E-state index contributed by atoms with van der Waals surface area (Å²) in [4.78, 5) is 11.6. The molecule has 1 heterocycles. The van der Waals surface area contributed by atoms with Crippen LogP contribution in [0.5, 0.6) is 5.75 Å². The Kier molecular flexibility index (Phi) is 3.37. The summed E-state index contributed by atoms with van der Waals surface area (Å²) in [6.07, 6.45) is 2.64. The second-order valence-electron chi connectivity index (χ2n) is 3.94. The highest BCUT2D eigenvalue weighted by Crippen LogP contribution is 2.29. The fraction of sp³-hybridized carbons (Fsp3) is 0.214. The van der Waals surface area contributed by atoms with Gasteiger partial charge >= 0.3 is 5.97 Å². The first-order chi connectivity index (χ1) is 8.61. The number of ether oxygens (including phenoxy) is 2. The summed E-state index contributed by atoms with van der Waals surface area (Å²) in [5, 5.41) is 9.99. The van der Waals surface area contributed by atoms with Crippen LogP contribution in [0.15, 0.2) is 36.1 Å². The van der Waals surface area contributed by atoms with Gasteiger partial charge in [0.1, 0.15) is 17.8 Å². The maximum atomic E-state index is 11.6. The van der Waals surface area contributed by atoms with Crippen molar-refractivity contribution in [1.82, 2.24) is 0 Å². The van der Waals surface area contributed by atoms with E-state index in [-0.39, 0.29) is 17.9 Å². The van der Waals surface area contributed by atoms with Gasteiger partial charge in [0, 0.05) is 0 Å². The first kappa shape index (κ1) is 12.2. The molecule has 4 heteroatoms. The van der Waals surface area contributed by atoms with Crippen LogP contribution < -0.4 is 4.74 Å². The maximum absolute atomic E-state index is 11.6. The highest BCUT2D eigenvalue weighted by Gasteiger charge is 2.17. The molecule has 0 atom stereocenters. The maximum Gasteiger partial charge on any atom is 0.341 e. The van der Waals surface area contributed by atoms with Gasteiger partial charge in [0.05, 0.1) is 17.7 Å². The van der Waals surface area contributed by atoms with E-state index in [1.54, 1.807) is 19.1 Å². The van der Waals surface area contributed by atoms with Crippen LogP contribution >= 0.6 is 0 Å². The Morgan fingerprint density at radius 1 is 1.44 bits per heavy atom. The molecular weight excluding hydrogens is 232 g/mol. The number of aryl methyl sites for hydroxylation is 1. The molecule has 0 bridgehead atoms. The Hall–Kier alpha value is -2.23. The molecule has 18 heavy (non-hydrogen) atoms. The quantitative estimate of drug-likeness (QED) is 0.815. The molecule has 0 fully saturated rings. The second kappa shape index (κ2) is 4.96. The van der Waals surface area contributed by atoms with E-state index in [4.69, 9.17) is 9.47 Å². The lowest BCUT2D eigenvalue weighted by molar-refractivity contribution is -0.138. The minimum Gasteiger partial charge on any atom is -0.507 e. The molecule has 0 amide bonds. The highest BCUT2D eigenvalue weighted by atomic mass is 16.5. The van der Waals surface area contributed by atoms with Gasteiger partial charge in [-0.3, -0.25) is 0 Å². The van der Waals surface area contributed by atoms with Gasteiger partial charge in [-0.05, 0) is 32.1 Å².